The molecule has 0 atom stereocenters. The quantitative estimate of drug-likeness (QED) is 0.502. The molecule has 0 saturated heterocycles. The lowest BCUT2D eigenvalue weighted by molar-refractivity contribution is 0.879. The molecule has 0 aliphatic rings. The van der Waals surface area contributed by atoms with E-state index in [4.69, 9.17) is 11.6 Å². The summed E-state index contributed by atoms with van der Waals surface area (Å²) >= 11 is 5.99. The van der Waals surface area contributed by atoms with Gasteiger partial charge in [-0.3, -0.25) is 5.10 Å². The van der Waals surface area contributed by atoms with Gasteiger partial charge in [0.1, 0.15) is 24.3 Å². The number of H-pyrrole nitrogens is 1. The van der Waals surface area contributed by atoms with Crippen LogP contribution in [0.15, 0.2) is 66.2 Å². The maximum absolute atomic E-state index is 9.49. The molecule has 0 fully saturated rings. The first kappa shape index (κ1) is 17.5. The fraction of sp³-hybridized carbons (Fsp3) is 0. The van der Waals surface area contributed by atoms with Crippen molar-refractivity contribution in [2.24, 2.45) is 4.99 Å². The van der Waals surface area contributed by atoms with E-state index in [1.165, 1.54) is 6.33 Å². The number of nitrogens with one attached hydrogen (secondary N) is 2. The van der Waals surface area contributed by atoms with Crippen molar-refractivity contribution in [1.29, 1.82) is 5.26 Å². The molecule has 4 rings (SSSR count). The maximum atomic E-state index is 9.49. The van der Waals surface area contributed by atoms with Crippen LogP contribution in [0.1, 0.15) is 11.1 Å². The molecule has 8 nitrogen and oxygen atoms in total. The molecule has 4 aromatic rings. The molecule has 2 aromatic carbocycles. The van der Waals surface area contributed by atoms with Gasteiger partial charge in [0.05, 0.1) is 5.69 Å². The summed E-state index contributed by atoms with van der Waals surface area (Å²) in [5.41, 5.74) is 2.80. The average molecular weight is 389 g/mol. The molecule has 28 heavy (non-hydrogen) atoms. The number of nitriles is 1. The molecular formula is C19H13ClN8. The minimum Gasteiger partial charge on any atom is -0.338 e. The molecule has 0 radical (unpaired) electrons. The van der Waals surface area contributed by atoms with Crippen LogP contribution in [0.5, 0.6) is 0 Å². The predicted molar refractivity (Wildman–Crippen MR) is 107 cm³/mol. The van der Waals surface area contributed by atoms with E-state index in [0.717, 1.165) is 16.9 Å². The van der Waals surface area contributed by atoms with Gasteiger partial charge in [-0.05, 0) is 35.9 Å². The van der Waals surface area contributed by atoms with E-state index in [-0.39, 0.29) is 0 Å². The van der Waals surface area contributed by atoms with Crippen LogP contribution in [0.3, 0.4) is 0 Å². The number of aromatic nitrogens is 5. The molecule has 2 N–H and O–H groups in total. The Morgan fingerprint density at radius 3 is 2.79 bits per heavy atom. The van der Waals surface area contributed by atoms with Gasteiger partial charge in [0.25, 0.3) is 0 Å². The highest BCUT2D eigenvalue weighted by molar-refractivity contribution is 6.30. The van der Waals surface area contributed by atoms with Crippen LogP contribution in [0.2, 0.25) is 5.02 Å². The number of halogens is 1. The first-order chi connectivity index (χ1) is 13.7. The van der Waals surface area contributed by atoms with Gasteiger partial charge >= 0.3 is 0 Å². The summed E-state index contributed by atoms with van der Waals surface area (Å²) in [6.07, 6.45) is 4.76. The van der Waals surface area contributed by atoms with Gasteiger partial charge < -0.3 is 5.32 Å². The monoisotopic (exact) mass is 388 g/mol. The largest absolute Gasteiger partial charge is 0.338 e. The van der Waals surface area contributed by atoms with Crippen LogP contribution in [-0.2, 0) is 0 Å². The smallest absolute Gasteiger partial charge is 0.172 e. The van der Waals surface area contributed by atoms with Gasteiger partial charge in [-0.15, -0.1) is 0 Å². The highest BCUT2D eigenvalue weighted by Gasteiger charge is 2.12. The van der Waals surface area contributed by atoms with Crippen molar-refractivity contribution >= 4 is 35.1 Å². The van der Waals surface area contributed by atoms with Crippen LogP contribution in [0.4, 0.5) is 17.3 Å². The van der Waals surface area contributed by atoms with Crippen LogP contribution < -0.4 is 5.32 Å². The van der Waals surface area contributed by atoms with E-state index < -0.39 is 0 Å². The zero-order valence-electron chi connectivity index (χ0n) is 14.4. The second-order valence-electron chi connectivity index (χ2n) is 5.73. The Bertz CT molecular complexity index is 1150. The van der Waals surface area contributed by atoms with Crippen molar-refractivity contribution in [3.63, 3.8) is 0 Å². The third-order valence-corrected chi connectivity index (χ3v) is 4.10. The van der Waals surface area contributed by atoms with Crippen molar-refractivity contribution in [2.75, 3.05) is 5.32 Å². The zero-order chi connectivity index (χ0) is 19.3. The van der Waals surface area contributed by atoms with E-state index in [1.807, 2.05) is 36.4 Å². The van der Waals surface area contributed by atoms with Crippen LogP contribution in [-0.4, -0.2) is 31.2 Å². The predicted octanol–water partition coefficient (Wildman–Crippen LogP) is 4.01. The number of benzene rings is 2. The van der Waals surface area contributed by atoms with Gasteiger partial charge in [-0.25, -0.2) is 14.7 Å². The first-order valence-electron chi connectivity index (χ1n) is 8.23. The Hall–Kier alpha value is -3.96. The molecule has 0 amide bonds. The second-order valence-corrected chi connectivity index (χ2v) is 6.17. The normalized spacial score (nSPS) is 10.9. The van der Waals surface area contributed by atoms with Gasteiger partial charge in [0, 0.05) is 16.9 Å². The third-order valence-electron chi connectivity index (χ3n) is 3.87. The fourth-order valence-corrected chi connectivity index (χ4v) is 2.71. The number of nitrogens with zero attached hydrogens (tertiary/aromatic N) is 6. The van der Waals surface area contributed by atoms with Crippen molar-refractivity contribution in [1.82, 2.24) is 25.0 Å². The Morgan fingerprint density at radius 2 is 2.07 bits per heavy atom. The van der Waals surface area contributed by atoms with E-state index in [1.54, 1.807) is 29.4 Å². The van der Waals surface area contributed by atoms with Crippen LogP contribution in [0.25, 0.3) is 5.69 Å². The number of aromatic amines is 1. The summed E-state index contributed by atoms with van der Waals surface area (Å²) in [6, 6.07) is 16.9. The summed E-state index contributed by atoms with van der Waals surface area (Å²) in [4.78, 5) is 8.28. The number of aliphatic imine (C=N–C) groups is 1. The molecule has 9 heteroatoms. The van der Waals surface area contributed by atoms with Crippen molar-refractivity contribution < 1.29 is 0 Å². The first-order valence-corrected chi connectivity index (χ1v) is 8.61. The van der Waals surface area contributed by atoms with Gasteiger partial charge in [0.15, 0.2) is 11.6 Å². The summed E-state index contributed by atoms with van der Waals surface area (Å²) in [6.45, 7) is 0. The Morgan fingerprint density at radius 1 is 1.21 bits per heavy atom. The van der Waals surface area contributed by atoms with E-state index in [9.17, 15) is 5.26 Å². The highest BCUT2D eigenvalue weighted by Crippen LogP contribution is 2.26. The number of anilines is 2. The van der Waals surface area contributed by atoms with E-state index in [2.05, 4.69) is 36.7 Å². The van der Waals surface area contributed by atoms with Crippen LogP contribution in [0, 0.1) is 11.3 Å². The Labute approximate surface area is 165 Å². The number of hydrogen-bond donors (Lipinski definition) is 2. The lowest BCUT2D eigenvalue weighted by Crippen LogP contribution is -1.94. The SMILES string of the molecule is N#Cc1c(Nc2cccc(Cl)c2)n[nH]c1/N=C/c1ccc(-n2cncn2)cc1. The molecular weight excluding hydrogens is 376 g/mol. The van der Waals surface area contributed by atoms with Crippen molar-refractivity contribution in [2.45, 2.75) is 0 Å². The van der Waals surface area contributed by atoms with E-state index in [0.29, 0.717) is 22.2 Å². The zero-order valence-corrected chi connectivity index (χ0v) is 15.2. The second kappa shape index (κ2) is 7.73. The lowest BCUT2D eigenvalue weighted by atomic mass is 10.2. The summed E-state index contributed by atoms with van der Waals surface area (Å²) in [5, 5.41) is 24.1. The Balaban J connectivity index is 1.53. The minimum absolute atomic E-state index is 0.315. The molecule has 0 saturated carbocycles. The van der Waals surface area contributed by atoms with Crippen molar-refractivity contribution in [3.8, 4) is 11.8 Å². The fourth-order valence-electron chi connectivity index (χ4n) is 2.52. The van der Waals surface area contributed by atoms with Gasteiger partial charge in [-0.1, -0.05) is 29.8 Å². The molecule has 136 valence electrons. The van der Waals surface area contributed by atoms with Gasteiger partial charge in [-0.2, -0.15) is 15.5 Å². The molecule has 0 aliphatic carbocycles. The Kier molecular flexibility index (Phi) is 4.82. The molecule has 0 bridgehead atoms. The molecule has 0 aliphatic heterocycles. The topological polar surface area (TPSA) is 108 Å². The van der Waals surface area contributed by atoms with Gasteiger partial charge in [0.2, 0.25) is 0 Å². The summed E-state index contributed by atoms with van der Waals surface area (Å²) in [7, 11) is 0. The van der Waals surface area contributed by atoms with Crippen LogP contribution >= 0.6 is 11.6 Å². The molecule has 2 aromatic heterocycles. The maximum Gasteiger partial charge on any atom is 0.172 e. The molecule has 2 heterocycles. The molecule has 0 spiro atoms. The standard InChI is InChI=1S/C19H13ClN8/c20-14-2-1-3-15(8-14)25-19-17(9-21)18(26-27-19)23-10-13-4-6-16(7-5-13)28-12-22-11-24-28/h1-8,10-12H,(H2,25,26,27)/b23-10+. The average Bonchev–Trinajstić information content (AvgIpc) is 3.37. The number of hydrogen-bond acceptors (Lipinski definition) is 6. The molecule has 0 unspecified atom stereocenters. The highest BCUT2D eigenvalue weighted by atomic mass is 35.5. The summed E-state index contributed by atoms with van der Waals surface area (Å²) < 4.78 is 1.66. The number of rotatable bonds is 5. The third kappa shape index (κ3) is 3.75. The van der Waals surface area contributed by atoms with E-state index >= 15 is 0 Å². The lowest BCUT2D eigenvalue weighted by Gasteiger charge is -2.03. The minimum atomic E-state index is 0.315. The summed E-state index contributed by atoms with van der Waals surface area (Å²) in [5.74, 6) is 0.755. The van der Waals surface area contributed by atoms with Crippen molar-refractivity contribution in [3.05, 3.63) is 77.3 Å².